The first-order chi connectivity index (χ1) is 8.58. The van der Waals surface area contributed by atoms with Crippen LogP contribution in [0.25, 0.3) is 0 Å². The molecule has 0 bridgehead atoms. The smallest absolute Gasteiger partial charge is 0.336 e. The van der Waals surface area contributed by atoms with Crippen molar-refractivity contribution >= 4 is 11.9 Å². The molecule has 0 aromatic heterocycles. The first kappa shape index (κ1) is 12.2. The second kappa shape index (κ2) is 4.95. The highest BCUT2D eigenvalue weighted by Crippen LogP contribution is 2.33. The third kappa shape index (κ3) is 2.53. The lowest BCUT2D eigenvalue weighted by Crippen LogP contribution is -2.17. The van der Waals surface area contributed by atoms with E-state index in [0.29, 0.717) is 30.3 Å². The van der Waals surface area contributed by atoms with Crippen LogP contribution >= 0.6 is 0 Å². The summed E-state index contributed by atoms with van der Waals surface area (Å²) in [4.78, 5) is 21.6. The maximum atomic E-state index is 11.1. The lowest BCUT2D eigenvalue weighted by molar-refractivity contribution is -0.136. The Kier molecular flexibility index (Phi) is 3.36. The number of aliphatic carboxylic acids is 1. The number of carbonyl (C=O) groups is 2. The summed E-state index contributed by atoms with van der Waals surface area (Å²) in [5.74, 6) is -1.22. The van der Waals surface area contributed by atoms with Crippen LogP contribution in [0.3, 0.4) is 0 Å². The Hall–Kier alpha value is -2.24. The molecule has 6 heteroatoms. The summed E-state index contributed by atoms with van der Waals surface area (Å²) >= 11 is 0. The Morgan fingerprint density at radius 3 is 2.28 bits per heavy atom. The fraction of sp³-hybridized carbons (Fsp3) is 0.333. The van der Waals surface area contributed by atoms with Gasteiger partial charge in [-0.15, -0.1) is 0 Å². The van der Waals surface area contributed by atoms with Crippen LogP contribution in [-0.2, 0) is 11.2 Å². The molecule has 1 aromatic carbocycles. The van der Waals surface area contributed by atoms with Gasteiger partial charge in [0.05, 0.1) is 5.56 Å². The number of aromatic carboxylic acids is 1. The molecule has 0 amide bonds. The second-order valence-electron chi connectivity index (χ2n) is 3.85. The van der Waals surface area contributed by atoms with Gasteiger partial charge in [-0.2, -0.15) is 0 Å². The van der Waals surface area contributed by atoms with Crippen LogP contribution in [-0.4, -0.2) is 35.4 Å². The topological polar surface area (TPSA) is 93.1 Å². The van der Waals surface area contributed by atoms with Gasteiger partial charge in [-0.25, -0.2) is 4.79 Å². The van der Waals surface area contributed by atoms with E-state index in [9.17, 15) is 9.59 Å². The number of fused-ring (bicyclic) bond motifs is 1. The molecule has 0 aliphatic carbocycles. The van der Waals surface area contributed by atoms with Crippen molar-refractivity contribution in [2.45, 2.75) is 12.8 Å². The zero-order valence-corrected chi connectivity index (χ0v) is 9.51. The average Bonchev–Trinajstić information content (AvgIpc) is 2.35. The van der Waals surface area contributed by atoms with E-state index in [1.807, 2.05) is 0 Å². The summed E-state index contributed by atoms with van der Waals surface area (Å²) in [5.41, 5.74) is 0.495. The molecule has 6 nitrogen and oxygen atoms in total. The molecule has 1 aromatic rings. The van der Waals surface area contributed by atoms with E-state index in [1.165, 1.54) is 6.07 Å². The summed E-state index contributed by atoms with van der Waals surface area (Å²) in [6.45, 7) is 0.776. The van der Waals surface area contributed by atoms with E-state index in [0.717, 1.165) is 0 Å². The van der Waals surface area contributed by atoms with Crippen molar-refractivity contribution in [2.75, 3.05) is 13.2 Å². The third-order valence-corrected chi connectivity index (χ3v) is 2.61. The van der Waals surface area contributed by atoms with Crippen molar-refractivity contribution in [1.82, 2.24) is 0 Å². The largest absolute Gasteiger partial charge is 0.486 e. The van der Waals surface area contributed by atoms with Crippen LogP contribution in [0, 0.1) is 0 Å². The maximum absolute atomic E-state index is 11.1. The highest BCUT2D eigenvalue weighted by Gasteiger charge is 2.19. The van der Waals surface area contributed by atoms with Crippen LogP contribution in [0.15, 0.2) is 12.1 Å². The summed E-state index contributed by atoms with van der Waals surface area (Å²) in [6, 6.07) is 2.93. The summed E-state index contributed by atoms with van der Waals surface area (Å²) in [7, 11) is 0. The van der Waals surface area contributed by atoms with Crippen LogP contribution in [0.4, 0.5) is 0 Å². The van der Waals surface area contributed by atoms with Gasteiger partial charge >= 0.3 is 11.9 Å². The van der Waals surface area contributed by atoms with Crippen LogP contribution in [0.5, 0.6) is 11.5 Å². The predicted octanol–water partition coefficient (Wildman–Crippen LogP) is 1.17. The fourth-order valence-corrected chi connectivity index (χ4v) is 1.78. The molecule has 2 N–H and O–H groups in total. The average molecular weight is 252 g/mol. The molecule has 1 aliphatic heterocycles. The number of carboxylic acids is 2. The van der Waals surface area contributed by atoms with E-state index in [2.05, 4.69) is 0 Å². The van der Waals surface area contributed by atoms with E-state index >= 15 is 0 Å². The monoisotopic (exact) mass is 252 g/mol. The van der Waals surface area contributed by atoms with Gasteiger partial charge in [0.15, 0.2) is 11.5 Å². The molecule has 1 aliphatic rings. The molecule has 0 saturated heterocycles. The number of ether oxygens (including phenoxy) is 2. The third-order valence-electron chi connectivity index (χ3n) is 2.61. The van der Waals surface area contributed by atoms with E-state index in [4.69, 9.17) is 19.7 Å². The van der Waals surface area contributed by atoms with Gasteiger partial charge in [0, 0.05) is 6.42 Å². The van der Waals surface area contributed by atoms with Crippen molar-refractivity contribution in [2.24, 2.45) is 0 Å². The first-order valence-corrected chi connectivity index (χ1v) is 5.45. The molecule has 0 radical (unpaired) electrons. The summed E-state index contributed by atoms with van der Waals surface area (Å²) in [6.07, 6.45) is 0.0214. The number of benzene rings is 1. The first-order valence-electron chi connectivity index (χ1n) is 5.45. The Bertz CT molecular complexity index is 494. The van der Waals surface area contributed by atoms with Crippen molar-refractivity contribution in [1.29, 1.82) is 0 Å². The lowest BCUT2D eigenvalue weighted by atomic mass is 10.0. The normalized spacial score (nSPS) is 13.1. The van der Waals surface area contributed by atoms with Crippen molar-refractivity contribution in [3.63, 3.8) is 0 Å². The zero-order valence-electron chi connectivity index (χ0n) is 9.51. The predicted molar refractivity (Wildman–Crippen MR) is 60.3 cm³/mol. The van der Waals surface area contributed by atoms with Gasteiger partial charge in [0.25, 0.3) is 0 Å². The zero-order chi connectivity index (χ0) is 13.1. The highest BCUT2D eigenvalue weighted by atomic mass is 16.6. The van der Waals surface area contributed by atoms with Crippen molar-refractivity contribution < 1.29 is 29.3 Å². The van der Waals surface area contributed by atoms with Crippen molar-refractivity contribution in [3.05, 3.63) is 23.3 Å². The van der Waals surface area contributed by atoms with E-state index in [1.54, 1.807) is 6.07 Å². The standard InChI is InChI=1S/C12H12O6/c13-11(14)2-1-7-5-9-10(18-4-3-17-9)6-8(7)12(15)16/h5-6H,1-4H2,(H,13,14)(H,15,16). The number of hydrogen-bond donors (Lipinski definition) is 2. The van der Waals surface area contributed by atoms with Gasteiger partial charge in [0.2, 0.25) is 0 Å². The molecular weight excluding hydrogens is 240 g/mol. The molecule has 2 rings (SSSR count). The van der Waals surface area contributed by atoms with Crippen LogP contribution < -0.4 is 9.47 Å². The Morgan fingerprint density at radius 2 is 1.72 bits per heavy atom. The van der Waals surface area contributed by atoms with Gasteiger partial charge < -0.3 is 19.7 Å². The van der Waals surface area contributed by atoms with E-state index in [-0.39, 0.29) is 18.4 Å². The molecule has 0 saturated carbocycles. The molecular formula is C12H12O6. The molecule has 0 atom stereocenters. The van der Waals surface area contributed by atoms with Gasteiger partial charge in [0.1, 0.15) is 13.2 Å². The Balaban J connectivity index is 2.35. The fourth-order valence-electron chi connectivity index (χ4n) is 1.78. The van der Waals surface area contributed by atoms with Crippen LogP contribution in [0.2, 0.25) is 0 Å². The SMILES string of the molecule is O=C(O)CCc1cc2c(cc1C(=O)O)OCCO2. The molecule has 0 spiro atoms. The minimum absolute atomic E-state index is 0.0560. The quantitative estimate of drug-likeness (QED) is 0.835. The molecule has 1 heterocycles. The lowest BCUT2D eigenvalue weighted by Gasteiger charge is -2.20. The van der Waals surface area contributed by atoms with E-state index < -0.39 is 11.9 Å². The minimum Gasteiger partial charge on any atom is -0.486 e. The molecule has 0 fully saturated rings. The second-order valence-corrected chi connectivity index (χ2v) is 3.85. The number of rotatable bonds is 4. The minimum atomic E-state index is -1.10. The maximum Gasteiger partial charge on any atom is 0.336 e. The number of aryl methyl sites for hydroxylation is 1. The highest BCUT2D eigenvalue weighted by molar-refractivity contribution is 5.90. The van der Waals surface area contributed by atoms with Gasteiger partial charge in [-0.1, -0.05) is 0 Å². The van der Waals surface area contributed by atoms with Gasteiger partial charge in [-0.3, -0.25) is 4.79 Å². The summed E-state index contributed by atoms with van der Waals surface area (Å²) in [5, 5.41) is 17.7. The molecule has 0 unspecified atom stereocenters. The molecule has 18 heavy (non-hydrogen) atoms. The summed E-state index contributed by atoms with van der Waals surface area (Å²) < 4.78 is 10.6. The Morgan fingerprint density at radius 1 is 1.11 bits per heavy atom. The van der Waals surface area contributed by atoms with Crippen LogP contribution in [0.1, 0.15) is 22.3 Å². The number of hydrogen-bond acceptors (Lipinski definition) is 4. The Labute approximate surface area is 103 Å². The number of carboxylic acid groups (broad SMARTS) is 2. The van der Waals surface area contributed by atoms with Crippen molar-refractivity contribution in [3.8, 4) is 11.5 Å². The van der Waals surface area contributed by atoms with Gasteiger partial charge in [-0.05, 0) is 24.1 Å². The molecule has 96 valence electrons.